The summed E-state index contributed by atoms with van der Waals surface area (Å²) >= 11 is 0. The number of ether oxygens (including phenoxy) is 3. The first-order valence-electron chi connectivity index (χ1n) is 10.6. The molecule has 4 aliphatic rings. The molecule has 4 fully saturated rings. The summed E-state index contributed by atoms with van der Waals surface area (Å²) in [7, 11) is 0. The van der Waals surface area contributed by atoms with Crippen molar-refractivity contribution < 1.29 is 18.6 Å². The van der Waals surface area contributed by atoms with Gasteiger partial charge in [0.25, 0.3) is 0 Å². The number of hydrogen-bond acceptors (Lipinski definition) is 6. The molecule has 7 heteroatoms. The average molecular weight is 401 g/mol. The van der Waals surface area contributed by atoms with Crippen LogP contribution in [0.2, 0.25) is 0 Å². The molecule has 6 nitrogen and oxygen atoms in total. The molecule has 2 N–H and O–H groups in total. The number of aryl methyl sites for hydroxylation is 1. The molecular weight excluding hydrogens is 373 g/mol. The smallest absolute Gasteiger partial charge is 0.214 e. The molecule has 29 heavy (non-hydrogen) atoms. The normalized spacial score (nSPS) is 33.6. The fourth-order valence-corrected chi connectivity index (χ4v) is 4.66. The van der Waals surface area contributed by atoms with Crippen molar-refractivity contribution in [3.63, 3.8) is 0 Å². The van der Waals surface area contributed by atoms with Crippen molar-refractivity contribution in [1.82, 2.24) is 9.97 Å². The molecule has 5 heterocycles. The quantitative estimate of drug-likeness (QED) is 0.801. The lowest BCUT2D eigenvalue weighted by Crippen LogP contribution is -2.59. The van der Waals surface area contributed by atoms with Gasteiger partial charge in [0.15, 0.2) is 0 Å². The molecule has 156 valence electrons. The summed E-state index contributed by atoms with van der Waals surface area (Å²) in [6.45, 7) is 3.96. The Hall–Kier alpha value is -1.83. The standard InChI is InChI=1S/C22H28FN3O3/c1-14-11-27-18(14)12-28-19-3-2-17-20(26-19)15(16(23)10-25-17)4-5-22-8-6-21(24,7-9-22)13-29-22/h2-3,10,14,18H,4-9,11-13,24H2,1H3/t14-,18-,21?,22?/m0/s1. The van der Waals surface area contributed by atoms with E-state index in [1.807, 2.05) is 6.07 Å². The second kappa shape index (κ2) is 7.15. The molecule has 2 atom stereocenters. The van der Waals surface area contributed by atoms with Crippen molar-refractivity contribution in [2.24, 2.45) is 11.7 Å². The minimum Gasteiger partial charge on any atom is -0.475 e. The number of aromatic nitrogens is 2. The molecule has 0 radical (unpaired) electrons. The predicted octanol–water partition coefficient (Wildman–Crippen LogP) is 3.16. The van der Waals surface area contributed by atoms with E-state index in [0.717, 1.165) is 38.7 Å². The van der Waals surface area contributed by atoms with Gasteiger partial charge < -0.3 is 19.9 Å². The third kappa shape index (κ3) is 3.60. The van der Waals surface area contributed by atoms with E-state index < -0.39 is 0 Å². The SMILES string of the molecule is C[C@H]1CO[C@H]1COc1ccc2ncc(F)c(CCC34CCC(N)(CC3)CO4)c2n1. The van der Waals surface area contributed by atoms with Crippen LogP contribution in [0.25, 0.3) is 11.0 Å². The lowest BCUT2D eigenvalue weighted by Gasteiger charge is -2.51. The van der Waals surface area contributed by atoms with Crippen LogP contribution in [0.1, 0.15) is 44.6 Å². The van der Waals surface area contributed by atoms with Gasteiger partial charge in [-0.1, -0.05) is 6.92 Å². The largest absolute Gasteiger partial charge is 0.475 e. The molecule has 3 saturated heterocycles. The maximum absolute atomic E-state index is 14.7. The molecular formula is C22H28FN3O3. The zero-order valence-corrected chi connectivity index (χ0v) is 16.8. The first kappa shape index (κ1) is 19.2. The number of halogens is 1. The summed E-state index contributed by atoms with van der Waals surface area (Å²) in [5.74, 6) is 0.642. The van der Waals surface area contributed by atoms with Gasteiger partial charge in [-0.3, -0.25) is 4.98 Å². The topological polar surface area (TPSA) is 79.5 Å². The predicted molar refractivity (Wildman–Crippen MR) is 106 cm³/mol. The van der Waals surface area contributed by atoms with Gasteiger partial charge in [-0.15, -0.1) is 0 Å². The highest BCUT2D eigenvalue weighted by atomic mass is 19.1. The summed E-state index contributed by atoms with van der Waals surface area (Å²) in [4.78, 5) is 8.78. The van der Waals surface area contributed by atoms with Gasteiger partial charge in [-0.2, -0.15) is 0 Å². The zero-order chi connectivity index (χ0) is 20.1. The highest BCUT2D eigenvalue weighted by Gasteiger charge is 2.47. The van der Waals surface area contributed by atoms with Crippen LogP contribution in [0.3, 0.4) is 0 Å². The van der Waals surface area contributed by atoms with Crippen LogP contribution in [0.4, 0.5) is 4.39 Å². The van der Waals surface area contributed by atoms with Gasteiger partial charge in [-0.25, -0.2) is 9.37 Å². The van der Waals surface area contributed by atoms with Crippen LogP contribution in [-0.4, -0.2) is 47.0 Å². The van der Waals surface area contributed by atoms with Gasteiger partial charge in [0.2, 0.25) is 5.88 Å². The number of nitrogens with two attached hydrogens (primary N) is 1. The lowest BCUT2D eigenvalue weighted by molar-refractivity contribution is -0.156. The molecule has 0 aromatic carbocycles. The summed E-state index contributed by atoms with van der Waals surface area (Å²) < 4.78 is 32.1. The van der Waals surface area contributed by atoms with Crippen LogP contribution in [-0.2, 0) is 15.9 Å². The molecule has 2 bridgehead atoms. The Morgan fingerprint density at radius 1 is 1.28 bits per heavy atom. The monoisotopic (exact) mass is 401 g/mol. The van der Waals surface area contributed by atoms with Gasteiger partial charge in [-0.05, 0) is 44.6 Å². The Morgan fingerprint density at radius 2 is 2.10 bits per heavy atom. The second-order valence-electron chi connectivity index (χ2n) is 9.10. The Bertz CT molecular complexity index is 897. The number of rotatable bonds is 6. The molecule has 0 unspecified atom stereocenters. The van der Waals surface area contributed by atoms with Gasteiger partial charge >= 0.3 is 0 Å². The Labute approximate surface area is 169 Å². The summed E-state index contributed by atoms with van der Waals surface area (Å²) in [6.07, 6.45) is 6.54. The number of fused-ring (bicyclic) bond motifs is 4. The van der Waals surface area contributed by atoms with E-state index in [1.54, 1.807) is 6.07 Å². The van der Waals surface area contributed by atoms with E-state index in [0.29, 0.717) is 48.0 Å². The molecule has 2 aromatic heterocycles. The molecule has 1 aliphatic carbocycles. The van der Waals surface area contributed by atoms with E-state index in [9.17, 15) is 4.39 Å². The van der Waals surface area contributed by atoms with Crippen LogP contribution in [0.15, 0.2) is 18.3 Å². The Kier molecular flexibility index (Phi) is 4.72. The minimum absolute atomic E-state index is 0.0983. The maximum atomic E-state index is 14.7. The Morgan fingerprint density at radius 3 is 2.76 bits per heavy atom. The van der Waals surface area contributed by atoms with Crippen LogP contribution in [0.5, 0.6) is 5.88 Å². The molecule has 6 rings (SSSR count). The van der Waals surface area contributed by atoms with Crippen molar-refractivity contribution in [3.8, 4) is 5.88 Å². The highest BCUT2D eigenvalue weighted by Crippen LogP contribution is 2.45. The summed E-state index contributed by atoms with van der Waals surface area (Å²) in [6, 6.07) is 3.62. The van der Waals surface area contributed by atoms with E-state index >= 15 is 0 Å². The fourth-order valence-electron chi connectivity index (χ4n) is 4.66. The van der Waals surface area contributed by atoms with Crippen molar-refractivity contribution in [2.75, 3.05) is 19.8 Å². The van der Waals surface area contributed by atoms with E-state index in [1.165, 1.54) is 6.20 Å². The van der Waals surface area contributed by atoms with Crippen molar-refractivity contribution in [1.29, 1.82) is 0 Å². The second-order valence-corrected chi connectivity index (χ2v) is 9.10. The third-order valence-electron chi connectivity index (χ3n) is 7.00. The number of pyridine rings is 2. The average Bonchev–Trinajstić information content (AvgIpc) is 2.73. The fraction of sp³-hybridized carbons (Fsp3) is 0.636. The minimum atomic E-state index is -0.325. The van der Waals surface area contributed by atoms with Crippen LogP contribution in [0, 0.1) is 11.7 Å². The van der Waals surface area contributed by atoms with Gasteiger partial charge in [0, 0.05) is 23.1 Å². The number of hydrogen-bond donors (Lipinski definition) is 1. The summed E-state index contributed by atoms with van der Waals surface area (Å²) in [5, 5.41) is 0. The van der Waals surface area contributed by atoms with Gasteiger partial charge in [0.1, 0.15) is 12.4 Å². The molecule has 3 aliphatic heterocycles. The molecule has 0 spiro atoms. The first-order valence-corrected chi connectivity index (χ1v) is 10.6. The van der Waals surface area contributed by atoms with E-state index in [-0.39, 0.29) is 23.1 Å². The van der Waals surface area contributed by atoms with Crippen molar-refractivity contribution in [3.05, 3.63) is 29.7 Å². The zero-order valence-electron chi connectivity index (χ0n) is 16.8. The number of nitrogens with zero attached hydrogens (tertiary/aromatic N) is 2. The van der Waals surface area contributed by atoms with E-state index in [2.05, 4.69) is 16.9 Å². The van der Waals surface area contributed by atoms with E-state index in [4.69, 9.17) is 19.9 Å². The molecule has 1 saturated carbocycles. The highest BCUT2D eigenvalue weighted by molar-refractivity contribution is 5.78. The lowest BCUT2D eigenvalue weighted by atomic mass is 9.70. The van der Waals surface area contributed by atoms with Crippen molar-refractivity contribution in [2.45, 2.75) is 62.7 Å². The van der Waals surface area contributed by atoms with Crippen LogP contribution < -0.4 is 10.5 Å². The summed E-state index contributed by atoms with van der Waals surface area (Å²) in [5.41, 5.74) is 7.81. The molecule has 2 aromatic rings. The van der Waals surface area contributed by atoms with Crippen molar-refractivity contribution >= 4 is 11.0 Å². The molecule has 0 amide bonds. The Balaban J connectivity index is 1.34. The maximum Gasteiger partial charge on any atom is 0.214 e. The van der Waals surface area contributed by atoms with Crippen LogP contribution >= 0.6 is 0 Å². The third-order valence-corrected chi connectivity index (χ3v) is 7.00. The first-order chi connectivity index (χ1) is 14.0. The van der Waals surface area contributed by atoms with Gasteiger partial charge in [0.05, 0.1) is 42.1 Å².